The van der Waals surface area contributed by atoms with E-state index in [2.05, 4.69) is 13.5 Å². The van der Waals surface area contributed by atoms with Crippen LogP contribution in [0.2, 0.25) is 0 Å². The summed E-state index contributed by atoms with van der Waals surface area (Å²) in [4.78, 5) is 11.8. The van der Waals surface area contributed by atoms with Gasteiger partial charge in [-0.05, 0) is 49.4 Å². The second-order valence-electron chi connectivity index (χ2n) is 8.75. The summed E-state index contributed by atoms with van der Waals surface area (Å²) in [5.74, 6) is -0.0734. The number of aliphatic hydroxyl groups excluding tert-OH is 3. The van der Waals surface area contributed by atoms with E-state index >= 15 is 0 Å². The van der Waals surface area contributed by atoms with Gasteiger partial charge in [-0.25, -0.2) is 9.00 Å². The van der Waals surface area contributed by atoms with Gasteiger partial charge in [0.05, 0.1) is 29.6 Å². The number of carbonyl (C=O) groups is 1. The van der Waals surface area contributed by atoms with E-state index in [0.717, 1.165) is 24.8 Å². The summed E-state index contributed by atoms with van der Waals surface area (Å²) >= 11 is -2.86. The summed E-state index contributed by atoms with van der Waals surface area (Å²) in [6.07, 6.45) is 4.42. The average Bonchev–Trinajstić information content (AvgIpc) is 2.96. The standard InChI is InChI=1S/C20H30O5.Na.H2O3S/c1-12-4-7-16-19(2,9-8-17(23)20(16,3)11-21)14(12)6-5-13-15(22)10-25-18(13)24;;1-4(2)3/h5,14-17,21-23H,1,4,6-11H2,2-3H3;;(H2,1,2,3)/q;+1;/p-1/b13-5-;;/t14-,15?,16?,17-,19+,20+;;/m1../s1. The monoisotopic (exact) mass is 454 g/mol. The molecular weight excluding hydrogens is 423 g/mol. The smallest absolute Gasteiger partial charge is 0.750 e. The third kappa shape index (κ3) is 5.63. The van der Waals surface area contributed by atoms with Gasteiger partial charge in [-0.3, -0.25) is 0 Å². The van der Waals surface area contributed by atoms with E-state index in [1.807, 2.05) is 13.0 Å². The zero-order valence-electron chi connectivity index (χ0n) is 17.9. The second kappa shape index (κ2) is 11.2. The van der Waals surface area contributed by atoms with Crippen molar-refractivity contribution in [2.45, 2.75) is 58.2 Å². The van der Waals surface area contributed by atoms with Gasteiger partial charge < -0.3 is 29.2 Å². The Balaban J connectivity index is 0.000000827. The molecule has 2 saturated carbocycles. The fourth-order valence-corrected chi connectivity index (χ4v) is 5.56. The molecule has 3 fully saturated rings. The molecule has 166 valence electrons. The van der Waals surface area contributed by atoms with Crippen LogP contribution in [0.3, 0.4) is 0 Å². The Morgan fingerprint density at radius 2 is 1.93 bits per heavy atom. The fraction of sp³-hybridized carbons (Fsp3) is 0.750. The van der Waals surface area contributed by atoms with Crippen molar-refractivity contribution in [1.82, 2.24) is 0 Å². The van der Waals surface area contributed by atoms with Crippen molar-refractivity contribution in [3.05, 3.63) is 23.8 Å². The van der Waals surface area contributed by atoms with Crippen molar-refractivity contribution in [3.8, 4) is 0 Å². The minimum absolute atomic E-state index is 0. The number of carbonyl (C=O) groups excluding carboxylic acids is 1. The predicted molar refractivity (Wildman–Crippen MR) is 105 cm³/mol. The van der Waals surface area contributed by atoms with E-state index in [-0.39, 0.29) is 60.0 Å². The van der Waals surface area contributed by atoms with E-state index in [9.17, 15) is 20.1 Å². The summed E-state index contributed by atoms with van der Waals surface area (Å²) in [7, 11) is 0. The average molecular weight is 455 g/mol. The molecule has 0 amide bonds. The van der Waals surface area contributed by atoms with Gasteiger partial charge in [0.25, 0.3) is 0 Å². The molecule has 0 aromatic heterocycles. The maximum atomic E-state index is 11.8. The first-order chi connectivity index (χ1) is 13.5. The Morgan fingerprint density at radius 3 is 2.43 bits per heavy atom. The van der Waals surface area contributed by atoms with E-state index in [1.54, 1.807) is 0 Å². The summed E-state index contributed by atoms with van der Waals surface area (Å²) in [5, 5.41) is 30.4. The van der Waals surface area contributed by atoms with E-state index < -0.39 is 35.0 Å². The molecule has 1 heterocycles. The Labute approximate surface area is 202 Å². The Morgan fingerprint density at radius 1 is 1.33 bits per heavy atom. The summed E-state index contributed by atoms with van der Waals surface area (Å²) in [6, 6.07) is 0. The molecule has 30 heavy (non-hydrogen) atoms. The number of allylic oxidation sites excluding steroid dienone is 2. The molecule has 0 radical (unpaired) electrons. The van der Waals surface area contributed by atoms with Crippen LogP contribution in [0, 0.1) is 22.7 Å². The van der Waals surface area contributed by atoms with E-state index in [0.29, 0.717) is 18.4 Å². The molecule has 3 rings (SSSR count). The first kappa shape index (κ1) is 27.9. The fourth-order valence-electron chi connectivity index (χ4n) is 5.56. The molecule has 10 heteroatoms. The van der Waals surface area contributed by atoms with Gasteiger partial charge in [-0.2, -0.15) is 0 Å². The quantitative estimate of drug-likeness (QED) is 0.130. The Kier molecular flexibility index (Phi) is 10.4. The van der Waals surface area contributed by atoms with Gasteiger partial charge in [-0.1, -0.05) is 32.1 Å². The maximum absolute atomic E-state index is 11.8. The number of fused-ring (bicyclic) bond motifs is 1. The second-order valence-corrected chi connectivity index (χ2v) is 9.19. The maximum Gasteiger partial charge on any atom is 1.00 e. The van der Waals surface area contributed by atoms with Gasteiger partial charge in [-0.15, -0.1) is 0 Å². The van der Waals surface area contributed by atoms with Crippen LogP contribution in [-0.2, 0) is 20.9 Å². The molecule has 1 saturated heterocycles. The van der Waals surface area contributed by atoms with Crippen LogP contribution in [-0.4, -0.2) is 60.0 Å². The largest absolute Gasteiger partial charge is 1.00 e. The van der Waals surface area contributed by atoms with Crippen molar-refractivity contribution < 1.29 is 67.7 Å². The molecule has 3 aliphatic rings. The van der Waals surface area contributed by atoms with Crippen LogP contribution in [0.4, 0.5) is 0 Å². The number of hydrogen-bond donors (Lipinski definition) is 4. The summed E-state index contributed by atoms with van der Waals surface area (Å²) in [6.45, 7) is 8.50. The summed E-state index contributed by atoms with van der Waals surface area (Å²) < 4.78 is 29.0. The molecule has 1 aliphatic heterocycles. The SMILES string of the molecule is C=C1CCC2[C@](C)(CO)[C@H](O)CC[C@@]2(C)[C@@H]1C/C=C1\C(=O)OCC1O.O=S([O-])O.[Na+]. The van der Waals surface area contributed by atoms with Crippen molar-refractivity contribution in [2.75, 3.05) is 13.2 Å². The first-order valence-corrected chi connectivity index (χ1v) is 10.8. The third-order valence-corrected chi connectivity index (χ3v) is 7.23. The van der Waals surface area contributed by atoms with Gasteiger partial charge >= 0.3 is 35.5 Å². The van der Waals surface area contributed by atoms with Gasteiger partial charge in [0, 0.05) is 5.41 Å². The number of rotatable bonds is 3. The molecule has 3 unspecified atom stereocenters. The van der Waals surface area contributed by atoms with Crippen LogP contribution >= 0.6 is 0 Å². The number of hydrogen-bond acceptors (Lipinski definition) is 7. The molecule has 0 aromatic carbocycles. The van der Waals surface area contributed by atoms with E-state index in [1.165, 1.54) is 0 Å². The van der Waals surface area contributed by atoms with Crippen LogP contribution in [0.1, 0.15) is 46.0 Å². The molecular formula is C20H31NaO8S. The van der Waals surface area contributed by atoms with Gasteiger partial charge in [0.1, 0.15) is 12.7 Å². The first-order valence-electron chi connectivity index (χ1n) is 9.77. The Bertz CT molecular complexity index is 694. The molecule has 4 N–H and O–H groups in total. The van der Waals surface area contributed by atoms with Crippen LogP contribution < -0.4 is 29.6 Å². The van der Waals surface area contributed by atoms with Crippen molar-refractivity contribution >= 4 is 17.3 Å². The number of aliphatic hydroxyl groups is 3. The Hall–Kier alpha value is -0.100. The van der Waals surface area contributed by atoms with Crippen LogP contribution in [0.5, 0.6) is 0 Å². The third-order valence-electron chi connectivity index (χ3n) is 7.23. The van der Waals surface area contributed by atoms with Crippen molar-refractivity contribution in [2.24, 2.45) is 22.7 Å². The van der Waals surface area contributed by atoms with Crippen LogP contribution in [0.25, 0.3) is 0 Å². The van der Waals surface area contributed by atoms with E-state index in [4.69, 9.17) is 18.1 Å². The van der Waals surface area contributed by atoms with Crippen molar-refractivity contribution in [1.29, 1.82) is 0 Å². The molecule has 0 bridgehead atoms. The van der Waals surface area contributed by atoms with Gasteiger partial charge in [0.15, 0.2) is 0 Å². The number of ether oxygens (including phenoxy) is 1. The van der Waals surface area contributed by atoms with Gasteiger partial charge in [0.2, 0.25) is 0 Å². The molecule has 2 aliphatic carbocycles. The topological polar surface area (TPSA) is 147 Å². The molecule has 7 atom stereocenters. The normalized spacial score (nSPS) is 40.6. The predicted octanol–water partition coefficient (Wildman–Crippen LogP) is -1.69. The zero-order chi connectivity index (χ0) is 22.0. The molecule has 8 nitrogen and oxygen atoms in total. The zero-order valence-corrected chi connectivity index (χ0v) is 20.7. The molecule has 0 spiro atoms. The van der Waals surface area contributed by atoms with Crippen LogP contribution in [0.15, 0.2) is 23.8 Å². The summed E-state index contributed by atoms with van der Waals surface area (Å²) in [5.41, 5.74) is 0.911. The molecule has 0 aromatic rings. The number of esters is 1. The number of cyclic esters (lactones) is 1. The minimum Gasteiger partial charge on any atom is -0.750 e. The van der Waals surface area contributed by atoms with Crippen molar-refractivity contribution in [3.63, 3.8) is 0 Å². The minimum atomic E-state index is -2.86.